The summed E-state index contributed by atoms with van der Waals surface area (Å²) in [6, 6.07) is 21.4. The van der Waals surface area contributed by atoms with Crippen LogP contribution in [0.1, 0.15) is 11.1 Å². The molecule has 0 bridgehead atoms. The quantitative estimate of drug-likeness (QED) is 0.291. The summed E-state index contributed by atoms with van der Waals surface area (Å²) in [6.45, 7) is 1.90. The molecule has 1 aliphatic rings. The topological polar surface area (TPSA) is 82.4 Å². The van der Waals surface area contributed by atoms with Gasteiger partial charge >= 0.3 is 0 Å². The maximum Gasteiger partial charge on any atom is 0.269 e. The summed E-state index contributed by atoms with van der Waals surface area (Å²) < 4.78 is 5.23. The second-order valence-corrected chi connectivity index (χ2v) is 9.99. The first kappa shape index (κ1) is 25.6. The van der Waals surface area contributed by atoms with Gasteiger partial charge in [0.2, 0.25) is 5.91 Å². The number of benzene rings is 3. The lowest BCUT2D eigenvalue weighted by atomic mass is 10.1. The van der Waals surface area contributed by atoms with E-state index in [9.17, 15) is 14.9 Å². The molecular formula is C27H21Cl2N3O3S. The maximum atomic E-state index is 13.6. The minimum absolute atomic E-state index is 0.162. The van der Waals surface area contributed by atoms with Gasteiger partial charge in [-0.25, -0.2) is 0 Å². The number of thioether (sulfide) groups is 1. The van der Waals surface area contributed by atoms with E-state index < -0.39 is 11.2 Å². The number of nitriles is 1. The molecule has 1 saturated heterocycles. The van der Waals surface area contributed by atoms with Gasteiger partial charge in [-0.1, -0.05) is 59.2 Å². The third-order valence-electron chi connectivity index (χ3n) is 5.55. The average molecular weight is 538 g/mol. The Morgan fingerprint density at radius 1 is 1.14 bits per heavy atom. The fraction of sp³-hybridized carbons (Fsp3) is 0.148. The van der Waals surface area contributed by atoms with Gasteiger partial charge in [-0.15, -0.1) is 0 Å². The van der Waals surface area contributed by atoms with Crippen molar-refractivity contribution < 1.29 is 14.3 Å². The summed E-state index contributed by atoms with van der Waals surface area (Å²) in [4.78, 5) is 28.2. The number of rotatable bonds is 6. The van der Waals surface area contributed by atoms with Crippen molar-refractivity contribution in [3.8, 4) is 11.8 Å². The van der Waals surface area contributed by atoms with Crippen LogP contribution in [0.3, 0.4) is 0 Å². The molecule has 3 aromatic rings. The summed E-state index contributed by atoms with van der Waals surface area (Å²) in [7, 11) is 1.55. The number of nitrogens with zero attached hydrogens (tertiary/aromatic N) is 2. The van der Waals surface area contributed by atoms with E-state index in [2.05, 4.69) is 5.32 Å². The number of nitrogens with one attached hydrogen (secondary N) is 1. The van der Waals surface area contributed by atoms with E-state index in [1.165, 1.54) is 4.90 Å². The van der Waals surface area contributed by atoms with E-state index in [4.69, 9.17) is 27.9 Å². The van der Waals surface area contributed by atoms with E-state index in [0.717, 1.165) is 17.3 Å². The van der Waals surface area contributed by atoms with E-state index in [1.54, 1.807) is 61.7 Å². The lowest BCUT2D eigenvalue weighted by Gasteiger charge is -2.19. The Hall–Kier alpha value is -3.44. The van der Waals surface area contributed by atoms with Crippen LogP contribution in [0.5, 0.6) is 5.75 Å². The lowest BCUT2D eigenvalue weighted by molar-refractivity contribution is -0.117. The van der Waals surface area contributed by atoms with Crippen LogP contribution in [0.25, 0.3) is 0 Å². The molecule has 0 spiro atoms. The second kappa shape index (κ2) is 11.1. The minimum atomic E-state index is -0.617. The Morgan fingerprint density at radius 2 is 1.86 bits per heavy atom. The molecule has 3 aromatic carbocycles. The Bertz CT molecular complexity index is 1400. The fourth-order valence-corrected chi connectivity index (χ4v) is 5.47. The molecule has 2 amide bonds. The van der Waals surface area contributed by atoms with Crippen molar-refractivity contribution in [1.82, 2.24) is 0 Å². The van der Waals surface area contributed by atoms with Crippen LogP contribution in [-0.2, 0) is 16.0 Å². The molecule has 1 fully saturated rings. The van der Waals surface area contributed by atoms with Gasteiger partial charge in [-0.3, -0.25) is 14.5 Å². The number of methoxy groups -OCH3 is 1. The molecular weight excluding hydrogens is 517 g/mol. The van der Waals surface area contributed by atoms with Crippen LogP contribution in [0.4, 0.5) is 11.4 Å². The third-order valence-corrected chi connectivity index (χ3v) is 7.67. The highest BCUT2D eigenvalue weighted by Crippen LogP contribution is 2.43. The van der Waals surface area contributed by atoms with Gasteiger partial charge in [0.15, 0.2) is 0 Å². The molecule has 0 radical (unpaired) electrons. The normalized spacial score (nSPS) is 16.5. The molecule has 0 aromatic heterocycles. The number of halogens is 2. The maximum absolute atomic E-state index is 13.6. The second-order valence-electron chi connectivity index (χ2n) is 8.01. The molecule has 1 atom stereocenters. The highest BCUT2D eigenvalue weighted by molar-refractivity contribution is 8.05. The first-order chi connectivity index (χ1) is 17.3. The summed E-state index contributed by atoms with van der Waals surface area (Å²) in [6.07, 6.45) is 0.275. The van der Waals surface area contributed by atoms with Crippen molar-refractivity contribution in [2.75, 3.05) is 17.3 Å². The number of amides is 2. The summed E-state index contributed by atoms with van der Waals surface area (Å²) in [5.41, 5.74) is 2.57. The van der Waals surface area contributed by atoms with E-state index in [0.29, 0.717) is 32.7 Å². The standard InChI is InChI=1S/C27H21Cl2N3O3S/c1-16-5-3-7-18(13-16)31-25(33)21(15-30)27-32(19-9-11-20(35-2)12-10-19)26(34)23(36-27)14-17-6-4-8-22(28)24(17)29/h3-13,23H,14H2,1-2H3,(H,31,33)/b27-21-. The monoisotopic (exact) mass is 537 g/mol. The predicted molar refractivity (Wildman–Crippen MR) is 144 cm³/mol. The molecule has 9 heteroatoms. The summed E-state index contributed by atoms with van der Waals surface area (Å²) in [5.74, 6) is -0.255. The van der Waals surface area contributed by atoms with Crippen molar-refractivity contribution >= 4 is 58.2 Å². The number of hydrogen-bond acceptors (Lipinski definition) is 5. The molecule has 0 aliphatic carbocycles. The zero-order valence-electron chi connectivity index (χ0n) is 19.4. The number of aryl methyl sites for hydroxylation is 1. The number of carbonyl (C=O) groups excluding carboxylic acids is 2. The van der Waals surface area contributed by atoms with Crippen LogP contribution in [-0.4, -0.2) is 24.2 Å². The van der Waals surface area contributed by atoms with Crippen molar-refractivity contribution in [2.24, 2.45) is 0 Å². The smallest absolute Gasteiger partial charge is 0.269 e. The molecule has 1 unspecified atom stereocenters. The van der Waals surface area contributed by atoms with Crippen LogP contribution < -0.4 is 15.0 Å². The molecule has 1 aliphatic heterocycles. The highest BCUT2D eigenvalue weighted by Gasteiger charge is 2.41. The molecule has 1 N–H and O–H groups in total. The zero-order valence-corrected chi connectivity index (χ0v) is 21.7. The zero-order chi connectivity index (χ0) is 25.8. The molecule has 182 valence electrons. The van der Waals surface area contributed by atoms with Gasteiger partial charge < -0.3 is 10.1 Å². The van der Waals surface area contributed by atoms with Crippen molar-refractivity contribution in [3.63, 3.8) is 0 Å². The van der Waals surface area contributed by atoms with Crippen molar-refractivity contribution in [3.05, 3.63) is 98.5 Å². The fourth-order valence-electron chi connectivity index (χ4n) is 3.78. The predicted octanol–water partition coefficient (Wildman–Crippen LogP) is 6.38. The van der Waals surface area contributed by atoms with Crippen LogP contribution in [0.15, 0.2) is 77.3 Å². The van der Waals surface area contributed by atoms with Crippen molar-refractivity contribution in [2.45, 2.75) is 18.6 Å². The van der Waals surface area contributed by atoms with Gasteiger partial charge in [0.1, 0.15) is 22.4 Å². The van der Waals surface area contributed by atoms with E-state index >= 15 is 0 Å². The molecule has 1 heterocycles. The lowest BCUT2D eigenvalue weighted by Crippen LogP contribution is -2.31. The summed E-state index contributed by atoms with van der Waals surface area (Å²) in [5, 5.41) is 13.2. The highest BCUT2D eigenvalue weighted by atomic mass is 35.5. The van der Waals surface area contributed by atoms with Gasteiger partial charge in [0.05, 0.1) is 22.4 Å². The summed E-state index contributed by atoms with van der Waals surface area (Å²) >= 11 is 13.7. The number of ether oxygens (including phenoxy) is 1. The SMILES string of the molecule is COc1ccc(N2C(=O)C(Cc3cccc(Cl)c3Cl)S/C2=C(/C#N)C(=O)Nc2cccc(C)c2)cc1. The Kier molecular flexibility index (Phi) is 7.90. The van der Waals surface area contributed by atoms with Gasteiger partial charge in [0.25, 0.3) is 5.91 Å². The van der Waals surface area contributed by atoms with Gasteiger partial charge in [-0.05, 0) is 66.9 Å². The van der Waals surface area contributed by atoms with Crippen LogP contribution in [0, 0.1) is 18.3 Å². The Labute approximate surface area is 223 Å². The third kappa shape index (κ3) is 5.36. The first-order valence-corrected chi connectivity index (χ1v) is 12.6. The minimum Gasteiger partial charge on any atom is -0.497 e. The largest absolute Gasteiger partial charge is 0.497 e. The number of carbonyl (C=O) groups is 2. The van der Waals surface area contributed by atoms with E-state index in [1.807, 2.05) is 25.1 Å². The number of anilines is 2. The van der Waals surface area contributed by atoms with Crippen LogP contribution in [0.2, 0.25) is 10.0 Å². The Morgan fingerprint density at radius 3 is 2.53 bits per heavy atom. The van der Waals surface area contributed by atoms with Crippen LogP contribution >= 0.6 is 35.0 Å². The van der Waals surface area contributed by atoms with Crippen molar-refractivity contribution in [1.29, 1.82) is 5.26 Å². The number of hydrogen-bond donors (Lipinski definition) is 1. The van der Waals surface area contributed by atoms with Gasteiger partial charge in [-0.2, -0.15) is 5.26 Å². The van der Waals surface area contributed by atoms with E-state index in [-0.39, 0.29) is 22.9 Å². The molecule has 6 nitrogen and oxygen atoms in total. The van der Waals surface area contributed by atoms with Gasteiger partial charge in [0, 0.05) is 11.4 Å². The molecule has 4 rings (SSSR count). The Balaban J connectivity index is 1.75. The average Bonchev–Trinajstić information content (AvgIpc) is 3.17. The molecule has 36 heavy (non-hydrogen) atoms. The molecule has 0 saturated carbocycles. The first-order valence-electron chi connectivity index (χ1n) is 10.9.